The van der Waals surface area contributed by atoms with Gasteiger partial charge in [0.1, 0.15) is 0 Å². The Balaban J connectivity index is 2.03. The minimum atomic E-state index is 1.25. The molecule has 0 atom stereocenters. The van der Waals surface area contributed by atoms with Crippen LogP contribution >= 0.6 is 0 Å². The average molecular weight is 167 g/mol. The first kappa shape index (κ1) is 7.93. The third kappa shape index (κ3) is 2.12. The van der Waals surface area contributed by atoms with E-state index in [-0.39, 0.29) is 0 Å². The number of rotatable bonds is 2. The molecule has 64 valence electrons. The van der Waals surface area contributed by atoms with Crippen LogP contribution in [0.5, 0.6) is 0 Å². The van der Waals surface area contributed by atoms with E-state index in [2.05, 4.69) is 42.5 Å². The molecule has 0 spiro atoms. The molecule has 1 aliphatic carbocycles. The van der Waals surface area contributed by atoms with Gasteiger partial charge in [0.25, 0.3) is 0 Å². The zero-order chi connectivity index (χ0) is 8.93. The molecule has 0 amide bonds. The lowest BCUT2D eigenvalue weighted by Gasteiger charge is -1.89. The molecule has 0 heteroatoms. The van der Waals surface area contributed by atoms with Crippen molar-refractivity contribution in [3.05, 3.63) is 71.9 Å². The molecular formula is C13H11-. The quantitative estimate of drug-likeness (QED) is 0.591. The van der Waals surface area contributed by atoms with E-state index in [1.165, 1.54) is 11.1 Å². The van der Waals surface area contributed by atoms with E-state index >= 15 is 0 Å². The van der Waals surface area contributed by atoms with Crippen LogP contribution in [0.25, 0.3) is 6.08 Å². The predicted molar refractivity (Wildman–Crippen MR) is 57.4 cm³/mol. The summed E-state index contributed by atoms with van der Waals surface area (Å²) < 4.78 is 0. The lowest BCUT2D eigenvalue weighted by atomic mass is 10.2. The highest BCUT2D eigenvalue weighted by molar-refractivity contribution is 5.53. The Labute approximate surface area is 78.6 Å². The summed E-state index contributed by atoms with van der Waals surface area (Å²) in [4.78, 5) is 0. The Bertz CT molecular complexity index is 356. The second-order valence-electron chi connectivity index (χ2n) is 2.96. The molecule has 1 aromatic rings. The molecule has 0 fully saturated rings. The van der Waals surface area contributed by atoms with Gasteiger partial charge in [-0.1, -0.05) is 30.4 Å². The fraction of sp³-hybridized carbons (Fsp3) is 0. The molecular weight excluding hydrogens is 156 g/mol. The van der Waals surface area contributed by atoms with Gasteiger partial charge in [-0.3, -0.25) is 0 Å². The summed E-state index contributed by atoms with van der Waals surface area (Å²) in [6, 6.07) is 8.27. The third-order valence-corrected chi connectivity index (χ3v) is 1.95. The maximum absolute atomic E-state index is 2.10. The molecule has 0 saturated heterocycles. The minimum Gasteiger partial charge on any atom is -0.174 e. The van der Waals surface area contributed by atoms with Gasteiger partial charge in [-0.05, 0) is 5.57 Å². The Morgan fingerprint density at radius 3 is 2.38 bits per heavy atom. The van der Waals surface area contributed by atoms with Gasteiger partial charge in [-0.25, -0.2) is 0 Å². The second-order valence-corrected chi connectivity index (χ2v) is 2.96. The van der Waals surface area contributed by atoms with Gasteiger partial charge in [0.05, 0.1) is 0 Å². The van der Waals surface area contributed by atoms with E-state index in [0.717, 1.165) is 0 Å². The standard InChI is InChI=1S/C13H11/c1-2-7-12(6-1)10-5-11-13-8-3-4-9-13/h1-11H/q-1. The molecule has 0 aromatic heterocycles. The summed E-state index contributed by atoms with van der Waals surface area (Å²) >= 11 is 0. The zero-order valence-corrected chi connectivity index (χ0v) is 7.35. The molecule has 0 unspecified atom stereocenters. The molecule has 0 radical (unpaired) electrons. The van der Waals surface area contributed by atoms with Crippen molar-refractivity contribution in [2.24, 2.45) is 0 Å². The largest absolute Gasteiger partial charge is 0.174 e. The number of hydrogen-bond acceptors (Lipinski definition) is 0. The Hall–Kier alpha value is -1.69. The van der Waals surface area contributed by atoms with Gasteiger partial charge >= 0.3 is 0 Å². The van der Waals surface area contributed by atoms with E-state index in [1.54, 1.807) is 0 Å². The van der Waals surface area contributed by atoms with Crippen molar-refractivity contribution in [2.75, 3.05) is 0 Å². The van der Waals surface area contributed by atoms with Crippen LogP contribution in [0.15, 0.2) is 66.3 Å². The van der Waals surface area contributed by atoms with E-state index < -0.39 is 0 Å². The maximum atomic E-state index is 2.10. The highest BCUT2D eigenvalue weighted by Crippen LogP contribution is 2.08. The van der Waals surface area contributed by atoms with Gasteiger partial charge in [0.15, 0.2) is 0 Å². The van der Waals surface area contributed by atoms with Crippen LogP contribution in [0.3, 0.4) is 0 Å². The van der Waals surface area contributed by atoms with E-state index in [4.69, 9.17) is 0 Å². The Morgan fingerprint density at radius 2 is 1.69 bits per heavy atom. The highest BCUT2D eigenvalue weighted by Gasteiger charge is 1.85. The zero-order valence-electron chi connectivity index (χ0n) is 7.35. The van der Waals surface area contributed by atoms with Crippen LogP contribution in [0, 0.1) is 0 Å². The number of allylic oxidation sites excluding steroid dienone is 7. The topological polar surface area (TPSA) is 0 Å². The van der Waals surface area contributed by atoms with Crippen molar-refractivity contribution in [3.63, 3.8) is 0 Å². The fourth-order valence-electron chi connectivity index (χ4n) is 1.27. The smallest absolute Gasteiger partial charge is 0.0348 e. The molecule has 0 aliphatic heterocycles. The summed E-state index contributed by atoms with van der Waals surface area (Å²) in [6.45, 7) is 0. The summed E-state index contributed by atoms with van der Waals surface area (Å²) in [5.74, 6) is 0. The maximum Gasteiger partial charge on any atom is -0.0348 e. The molecule has 0 saturated carbocycles. The lowest BCUT2D eigenvalue weighted by Crippen LogP contribution is -1.63. The number of hydrogen-bond donors (Lipinski definition) is 0. The van der Waals surface area contributed by atoms with E-state index in [0.29, 0.717) is 0 Å². The summed E-state index contributed by atoms with van der Waals surface area (Å²) in [5.41, 5.74) is 2.51. The average Bonchev–Trinajstić information content (AvgIpc) is 2.75. The van der Waals surface area contributed by atoms with Gasteiger partial charge < -0.3 is 0 Å². The molecule has 0 heterocycles. The summed E-state index contributed by atoms with van der Waals surface area (Å²) in [5, 5.41) is 0. The van der Waals surface area contributed by atoms with Gasteiger partial charge in [-0.15, -0.1) is 29.8 Å². The molecule has 1 aliphatic rings. The first-order valence-corrected chi connectivity index (χ1v) is 4.40. The van der Waals surface area contributed by atoms with Gasteiger partial charge in [0.2, 0.25) is 0 Å². The van der Waals surface area contributed by atoms with Crippen LogP contribution in [-0.2, 0) is 0 Å². The molecule has 13 heavy (non-hydrogen) atoms. The minimum absolute atomic E-state index is 1.25. The SMILES string of the molecule is C1=CC(=CC=C[c-]2cccc2)C=C1. The third-order valence-electron chi connectivity index (χ3n) is 1.95. The van der Waals surface area contributed by atoms with E-state index in [1.807, 2.05) is 24.3 Å². The van der Waals surface area contributed by atoms with Crippen LogP contribution in [0.1, 0.15) is 5.56 Å². The van der Waals surface area contributed by atoms with Crippen LogP contribution in [0.2, 0.25) is 0 Å². The van der Waals surface area contributed by atoms with Crippen LogP contribution in [0.4, 0.5) is 0 Å². The van der Waals surface area contributed by atoms with Gasteiger partial charge in [-0.2, -0.15) is 12.1 Å². The van der Waals surface area contributed by atoms with Crippen molar-refractivity contribution in [3.8, 4) is 0 Å². The van der Waals surface area contributed by atoms with E-state index in [9.17, 15) is 0 Å². The molecule has 2 rings (SSSR count). The lowest BCUT2D eigenvalue weighted by molar-refractivity contribution is 1.75. The van der Waals surface area contributed by atoms with Crippen molar-refractivity contribution < 1.29 is 0 Å². The second kappa shape index (κ2) is 3.81. The first-order chi connectivity index (χ1) is 6.45. The van der Waals surface area contributed by atoms with Crippen LogP contribution in [-0.4, -0.2) is 0 Å². The molecule has 1 aromatic carbocycles. The molecule has 0 nitrogen and oxygen atoms in total. The van der Waals surface area contributed by atoms with Gasteiger partial charge in [0, 0.05) is 0 Å². The van der Waals surface area contributed by atoms with Crippen molar-refractivity contribution in [2.45, 2.75) is 0 Å². The van der Waals surface area contributed by atoms with Crippen molar-refractivity contribution >= 4 is 6.08 Å². The van der Waals surface area contributed by atoms with Crippen LogP contribution < -0.4 is 0 Å². The highest BCUT2D eigenvalue weighted by atomic mass is 13.9. The first-order valence-electron chi connectivity index (χ1n) is 4.40. The molecule has 0 bridgehead atoms. The fourth-order valence-corrected chi connectivity index (χ4v) is 1.27. The predicted octanol–water partition coefficient (Wildman–Crippen LogP) is 3.47. The molecule has 0 N–H and O–H groups in total. The van der Waals surface area contributed by atoms with Crippen molar-refractivity contribution in [1.82, 2.24) is 0 Å². The summed E-state index contributed by atoms with van der Waals surface area (Å²) in [7, 11) is 0. The normalized spacial score (nSPS) is 14.6. The monoisotopic (exact) mass is 167 g/mol. The summed E-state index contributed by atoms with van der Waals surface area (Å²) in [6.07, 6.45) is 14.6. The Morgan fingerprint density at radius 1 is 1.00 bits per heavy atom. The van der Waals surface area contributed by atoms with Crippen molar-refractivity contribution in [1.29, 1.82) is 0 Å². The Kier molecular flexibility index (Phi) is 2.33.